The summed E-state index contributed by atoms with van der Waals surface area (Å²) in [6, 6.07) is 14.2. The summed E-state index contributed by atoms with van der Waals surface area (Å²) in [6.45, 7) is 2.56. The molecule has 6 heteroatoms. The molecule has 0 saturated carbocycles. The van der Waals surface area contributed by atoms with E-state index in [0.717, 1.165) is 12.1 Å². The van der Waals surface area contributed by atoms with Crippen molar-refractivity contribution in [1.82, 2.24) is 0 Å². The Labute approximate surface area is 161 Å². The zero-order chi connectivity index (χ0) is 19.7. The molecule has 0 aromatic heterocycles. The van der Waals surface area contributed by atoms with Crippen molar-refractivity contribution in [2.75, 3.05) is 18.2 Å². The van der Waals surface area contributed by atoms with Crippen LogP contribution in [0.5, 0.6) is 5.75 Å². The smallest absolute Gasteiger partial charge is 0.224 e. The second kappa shape index (κ2) is 10.1. The fourth-order valence-electron chi connectivity index (χ4n) is 2.56. The van der Waals surface area contributed by atoms with Crippen LogP contribution in [0.1, 0.15) is 38.2 Å². The van der Waals surface area contributed by atoms with Gasteiger partial charge in [0.25, 0.3) is 0 Å². The molecule has 0 aliphatic heterocycles. The molecule has 0 radical (unpaired) electrons. The Morgan fingerprint density at radius 2 is 1.67 bits per heavy atom. The number of ether oxygens (including phenoxy) is 1. The van der Waals surface area contributed by atoms with Gasteiger partial charge in [-0.25, -0.2) is 8.42 Å². The molecule has 2 aromatic carbocycles. The first-order chi connectivity index (χ1) is 12.9. The van der Waals surface area contributed by atoms with Crippen molar-refractivity contribution in [2.45, 2.75) is 43.9 Å². The van der Waals surface area contributed by atoms with Gasteiger partial charge in [0.05, 0.1) is 11.5 Å². The highest BCUT2D eigenvalue weighted by molar-refractivity contribution is 7.90. The third-order valence-electron chi connectivity index (χ3n) is 4.13. The minimum absolute atomic E-state index is 0.0488. The maximum atomic E-state index is 12.0. The van der Waals surface area contributed by atoms with E-state index >= 15 is 0 Å². The van der Waals surface area contributed by atoms with E-state index in [1.807, 2.05) is 12.1 Å². The van der Waals surface area contributed by atoms with Gasteiger partial charge in [0.2, 0.25) is 5.91 Å². The average molecular weight is 390 g/mol. The van der Waals surface area contributed by atoms with E-state index in [2.05, 4.69) is 24.4 Å². The Morgan fingerprint density at radius 3 is 2.26 bits per heavy atom. The van der Waals surface area contributed by atoms with Crippen LogP contribution in [0.25, 0.3) is 0 Å². The molecule has 0 spiro atoms. The highest BCUT2D eigenvalue weighted by atomic mass is 32.2. The Bertz CT molecular complexity index is 827. The Kier molecular flexibility index (Phi) is 7.85. The fraction of sp³-hybridized carbons (Fsp3) is 0.381. The Hall–Kier alpha value is -2.34. The van der Waals surface area contributed by atoms with Crippen LogP contribution in [-0.2, 0) is 21.1 Å². The number of hydrogen-bond acceptors (Lipinski definition) is 4. The lowest BCUT2D eigenvalue weighted by atomic mass is 10.1. The van der Waals surface area contributed by atoms with Crippen LogP contribution in [0.4, 0.5) is 5.69 Å². The molecule has 5 nitrogen and oxygen atoms in total. The van der Waals surface area contributed by atoms with Crippen molar-refractivity contribution in [3.8, 4) is 5.75 Å². The highest BCUT2D eigenvalue weighted by Crippen LogP contribution is 2.16. The summed E-state index contributed by atoms with van der Waals surface area (Å²) >= 11 is 0. The van der Waals surface area contributed by atoms with Gasteiger partial charge in [-0.3, -0.25) is 4.79 Å². The summed E-state index contributed by atoms with van der Waals surface area (Å²) in [5.41, 5.74) is 2.09. The molecule has 0 bridgehead atoms. The molecule has 2 rings (SSSR count). The molecule has 0 heterocycles. The Balaban J connectivity index is 1.70. The number of rotatable bonds is 10. The topological polar surface area (TPSA) is 72.5 Å². The molecule has 1 amide bonds. The summed E-state index contributed by atoms with van der Waals surface area (Å²) < 4.78 is 28.4. The molecule has 1 N–H and O–H groups in total. The van der Waals surface area contributed by atoms with Gasteiger partial charge in [-0.1, -0.05) is 25.5 Å². The van der Waals surface area contributed by atoms with Gasteiger partial charge in [0, 0.05) is 18.4 Å². The van der Waals surface area contributed by atoms with E-state index in [1.54, 1.807) is 12.1 Å². The van der Waals surface area contributed by atoms with Crippen LogP contribution in [0.15, 0.2) is 53.4 Å². The number of benzene rings is 2. The average Bonchev–Trinajstić information content (AvgIpc) is 2.64. The zero-order valence-electron chi connectivity index (χ0n) is 15.9. The summed E-state index contributed by atoms with van der Waals surface area (Å²) in [6.07, 6.45) is 5.51. The van der Waals surface area contributed by atoms with Gasteiger partial charge in [0.15, 0.2) is 9.84 Å². The number of unbranched alkanes of at least 4 members (excludes halogenated alkanes) is 1. The molecule has 0 aliphatic rings. The lowest BCUT2D eigenvalue weighted by molar-refractivity contribution is -0.116. The third kappa shape index (κ3) is 7.43. The first-order valence-electron chi connectivity index (χ1n) is 9.20. The second-order valence-corrected chi connectivity index (χ2v) is 8.56. The molecular weight excluding hydrogens is 362 g/mol. The first kappa shape index (κ1) is 21.0. The summed E-state index contributed by atoms with van der Waals surface area (Å²) in [7, 11) is -3.20. The number of aryl methyl sites for hydroxylation is 1. The molecule has 0 atom stereocenters. The first-order valence-corrected chi connectivity index (χ1v) is 11.1. The maximum Gasteiger partial charge on any atom is 0.224 e. The van der Waals surface area contributed by atoms with Gasteiger partial charge >= 0.3 is 0 Å². The van der Waals surface area contributed by atoms with Gasteiger partial charge in [0.1, 0.15) is 5.75 Å². The summed E-state index contributed by atoms with van der Waals surface area (Å²) in [4.78, 5) is 12.3. The third-order valence-corrected chi connectivity index (χ3v) is 5.25. The van der Waals surface area contributed by atoms with Crippen LogP contribution in [-0.4, -0.2) is 27.2 Å². The largest absolute Gasteiger partial charge is 0.494 e. The highest BCUT2D eigenvalue weighted by Gasteiger charge is 2.07. The molecule has 146 valence electrons. The van der Waals surface area contributed by atoms with E-state index in [0.29, 0.717) is 25.2 Å². The number of nitrogens with one attached hydrogen (secondary N) is 1. The molecule has 0 aliphatic carbocycles. The van der Waals surface area contributed by atoms with Crippen molar-refractivity contribution in [3.05, 3.63) is 54.1 Å². The SMILES string of the molecule is CCCCc1ccc(NC(=O)CCCOc2ccc(S(C)(=O)=O)cc2)cc1. The van der Waals surface area contributed by atoms with E-state index in [1.165, 1.54) is 36.8 Å². The maximum absolute atomic E-state index is 12.0. The molecule has 0 fully saturated rings. The van der Waals surface area contributed by atoms with Crippen LogP contribution in [0, 0.1) is 0 Å². The van der Waals surface area contributed by atoms with Crippen molar-refractivity contribution in [2.24, 2.45) is 0 Å². The van der Waals surface area contributed by atoms with Gasteiger partial charge in [-0.15, -0.1) is 0 Å². The van der Waals surface area contributed by atoms with E-state index < -0.39 is 9.84 Å². The second-order valence-electron chi connectivity index (χ2n) is 6.54. The quantitative estimate of drug-likeness (QED) is 0.617. The van der Waals surface area contributed by atoms with E-state index in [9.17, 15) is 13.2 Å². The van der Waals surface area contributed by atoms with Crippen molar-refractivity contribution in [3.63, 3.8) is 0 Å². The normalized spacial score (nSPS) is 11.2. The standard InChI is InChI=1S/C21H27NO4S/c1-3-4-6-17-8-10-18(11-9-17)22-21(23)7-5-16-26-19-12-14-20(15-13-19)27(2,24)25/h8-15H,3-7,16H2,1-2H3,(H,22,23). The van der Waals surface area contributed by atoms with E-state index in [4.69, 9.17) is 4.74 Å². The number of carbonyl (C=O) groups excluding carboxylic acids is 1. The number of carbonyl (C=O) groups is 1. The summed E-state index contributed by atoms with van der Waals surface area (Å²) in [5.74, 6) is 0.540. The molecule has 2 aromatic rings. The minimum Gasteiger partial charge on any atom is -0.494 e. The number of anilines is 1. The monoisotopic (exact) mass is 389 g/mol. The molecule has 0 saturated heterocycles. The van der Waals surface area contributed by atoms with Gasteiger partial charge in [-0.05, 0) is 61.2 Å². The van der Waals surface area contributed by atoms with Crippen LogP contribution in [0.3, 0.4) is 0 Å². The molecule has 27 heavy (non-hydrogen) atoms. The van der Waals surface area contributed by atoms with Crippen LogP contribution in [0.2, 0.25) is 0 Å². The summed E-state index contributed by atoms with van der Waals surface area (Å²) in [5, 5.41) is 2.89. The van der Waals surface area contributed by atoms with Crippen LogP contribution < -0.4 is 10.1 Å². The van der Waals surface area contributed by atoms with Crippen molar-refractivity contribution >= 4 is 21.4 Å². The minimum atomic E-state index is -3.20. The van der Waals surface area contributed by atoms with Gasteiger partial charge < -0.3 is 10.1 Å². The van der Waals surface area contributed by atoms with E-state index in [-0.39, 0.29) is 10.8 Å². The lowest BCUT2D eigenvalue weighted by Gasteiger charge is -2.08. The predicted molar refractivity (Wildman–Crippen MR) is 108 cm³/mol. The van der Waals surface area contributed by atoms with Crippen molar-refractivity contribution in [1.29, 1.82) is 0 Å². The zero-order valence-corrected chi connectivity index (χ0v) is 16.7. The van der Waals surface area contributed by atoms with Crippen molar-refractivity contribution < 1.29 is 17.9 Å². The van der Waals surface area contributed by atoms with Gasteiger partial charge in [-0.2, -0.15) is 0 Å². The van der Waals surface area contributed by atoms with Crippen LogP contribution >= 0.6 is 0 Å². The lowest BCUT2D eigenvalue weighted by Crippen LogP contribution is -2.12. The number of amides is 1. The fourth-order valence-corrected chi connectivity index (χ4v) is 3.20. The Morgan fingerprint density at radius 1 is 1.00 bits per heavy atom. The number of hydrogen-bond donors (Lipinski definition) is 1. The number of sulfone groups is 1. The molecule has 0 unspecified atom stereocenters. The predicted octanol–water partition coefficient (Wildman–Crippen LogP) is 4.23. The molecular formula is C21H27NO4S.